The summed E-state index contributed by atoms with van der Waals surface area (Å²) in [5, 5.41) is 8.05. The average molecular weight is 474 g/mol. The first-order valence-electron chi connectivity index (χ1n) is 11.1. The molecule has 176 valence electrons. The van der Waals surface area contributed by atoms with E-state index < -0.39 is 10.0 Å². The van der Waals surface area contributed by atoms with Gasteiger partial charge in [0.1, 0.15) is 6.10 Å². The Morgan fingerprint density at radius 3 is 2.67 bits per heavy atom. The molecule has 0 unspecified atom stereocenters. The van der Waals surface area contributed by atoms with E-state index in [0.29, 0.717) is 50.9 Å². The largest absolute Gasteiger partial charge is 0.460 e. The number of sulfonamides is 1. The maximum atomic E-state index is 11.5. The number of nitrogens with zero attached hydrogens (tertiary/aromatic N) is 5. The van der Waals surface area contributed by atoms with Gasteiger partial charge in [-0.25, -0.2) is 13.1 Å². The van der Waals surface area contributed by atoms with Crippen molar-refractivity contribution in [1.29, 1.82) is 0 Å². The predicted molar refractivity (Wildman–Crippen MR) is 123 cm³/mol. The second-order valence-electron chi connectivity index (χ2n) is 8.46. The standard InChI is InChI=1S/C21H27N7O4S/c1-33(29,30)27-14-5-7-15(8-6-14)32-21-24-19(16-3-2-4-18-17(16)13-22-26-18)23-20(25-21)28-9-11-31-12-10-28/h2-4,13-15,27H,5-12H2,1H3,(H,22,26)/t14-,15-. The minimum Gasteiger partial charge on any atom is -0.460 e. The number of aromatic amines is 1. The molecule has 1 aliphatic carbocycles. The third-order valence-corrected chi connectivity index (χ3v) is 6.71. The Hall–Kier alpha value is -2.83. The van der Waals surface area contributed by atoms with Crippen LogP contribution in [0.4, 0.5) is 5.95 Å². The van der Waals surface area contributed by atoms with Crippen molar-refractivity contribution < 1.29 is 17.9 Å². The van der Waals surface area contributed by atoms with E-state index in [1.165, 1.54) is 6.26 Å². The third kappa shape index (κ3) is 5.23. The highest BCUT2D eigenvalue weighted by atomic mass is 32.2. The van der Waals surface area contributed by atoms with Gasteiger partial charge in [0.15, 0.2) is 5.82 Å². The highest BCUT2D eigenvalue weighted by molar-refractivity contribution is 7.88. The van der Waals surface area contributed by atoms with Gasteiger partial charge in [-0.15, -0.1) is 0 Å². The molecule has 0 bridgehead atoms. The van der Waals surface area contributed by atoms with E-state index in [1.807, 2.05) is 18.2 Å². The Kier molecular flexibility index (Phi) is 6.13. The zero-order chi connectivity index (χ0) is 22.8. The minimum absolute atomic E-state index is 0.0589. The second kappa shape index (κ2) is 9.20. The summed E-state index contributed by atoms with van der Waals surface area (Å²) in [5.74, 6) is 1.09. The Morgan fingerprint density at radius 1 is 1.12 bits per heavy atom. The molecule has 0 spiro atoms. The van der Waals surface area contributed by atoms with E-state index in [9.17, 15) is 8.42 Å². The molecule has 0 amide bonds. The molecule has 2 aliphatic rings. The Morgan fingerprint density at radius 2 is 1.91 bits per heavy atom. The summed E-state index contributed by atoms with van der Waals surface area (Å²) in [6.45, 7) is 2.62. The van der Waals surface area contributed by atoms with Crippen molar-refractivity contribution in [3.63, 3.8) is 0 Å². The fraction of sp³-hybridized carbons (Fsp3) is 0.524. The minimum atomic E-state index is -3.21. The van der Waals surface area contributed by atoms with Crippen LogP contribution in [0.1, 0.15) is 25.7 Å². The van der Waals surface area contributed by atoms with Gasteiger partial charge in [0.05, 0.1) is 31.2 Å². The zero-order valence-corrected chi connectivity index (χ0v) is 19.2. The topological polar surface area (TPSA) is 135 Å². The van der Waals surface area contributed by atoms with Gasteiger partial charge in [-0.2, -0.15) is 20.1 Å². The van der Waals surface area contributed by atoms with Crippen LogP contribution < -0.4 is 14.4 Å². The van der Waals surface area contributed by atoms with Crippen LogP contribution in [0, 0.1) is 0 Å². The lowest BCUT2D eigenvalue weighted by Gasteiger charge is -2.29. The summed E-state index contributed by atoms with van der Waals surface area (Å²) in [7, 11) is -3.21. The number of benzene rings is 1. The maximum absolute atomic E-state index is 11.5. The van der Waals surface area contributed by atoms with Gasteiger partial charge in [0.2, 0.25) is 16.0 Å². The number of ether oxygens (including phenoxy) is 2. The first-order chi connectivity index (χ1) is 15.9. The number of hydrogen-bond acceptors (Lipinski definition) is 9. The molecule has 0 atom stereocenters. The van der Waals surface area contributed by atoms with E-state index in [0.717, 1.165) is 29.3 Å². The number of rotatable bonds is 6. The summed E-state index contributed by atoms with van der Waals surface area (Å²) in [6.07, 6.45) is 5.73. The Bertz CT molecular complexity index is 1220. The molecule has 11 nitrogen and oxygen atoms in total. The number of anilines is 1. The summed E-state index contributed by atoms with van der Waals surface area (Å²) in [6, 6.07) is 6.07. The fourth-order valence-corrected chi connectivity index (χ4v) is 5.18. The Balaban J connectivity index is 1.41. The van der Waals surface area contributed by atoms with Gasteiger partial charge in [0.25, 0.3) is 0 Å². The number of fused-ring (bicyclic) bond motifs is 1. The summed E-state index contributed by atoms with van der Waals surface area (Å²) < 4.78 is 37.4. The lowest BCUT2D eigenvalue weighted by molar-refractivity contribution is 0.120. The van der Waals surface area contributed by atoms with Crippen molar-refractivity contribution in [2.75, 3.05) is 37.5 Å². The molecule has 1 aromatic carbocycles. The number of aromatic nitrogens is 5. The van der Waals surface area contributed by atoms with E-state index in [2.05, 4.69) is 29.8 Å². The van der Waals surface area contributed by atoms with Crippen molar-refractivity contribution in [3.05, 3.63) is 24.4 Å². The predicted octanol–water partition coefficient (Wildman–Crippen LogP) is 1.49. The van der Waals surface area contributed by atoms with E-state index in [1.54, 1.807) is 6.20 Å². The molecule has 12 heteroatoms. The van der Waals surface area contributed by atoms with Crippen LogP contribution >= 0.6 is 0 Å². The van der Waals surface area contributed by atoms with E-state index in [4.69, 9.17) is 14.5 Å². The molecule has 2 aromatic heterocycles. The lowest BCUT2D eigenvalue weighted by atomic mass is 9.94. The van der Waals surface area contributed by atoms with Crippen molar-refractivity contribution in [3.8, 4) is 17.4 Å². The second-order valence-corrected chi connectivity index (χ2v) is 10.2. The molecule has 2 N–H and O–H groups in total. The Labute approximate surface area is 192 Å². The van der Waals surface area contributed by atoms with Gasteiger partial charge < -0.3 is 14.4 Å². The van der Waals surface area contributed by atoms with Crippen molar-refractivity contribution in [1.82, 2.24) is 29.9 Å². The van der Waals surface area contributed by atoms with Crippen molar-refractivity contribution in [2.45, 2.75) is 37.8 Å². The van der Waals surface area contributed by atoms with Crippen molar-refractivity contribution >= 4 is 26.9 Å². The average Bonchev–Trinajstić information content (AvgIpc) is 3.29. The van der Waals surface area contributed by atoms with Gasteiger partial charge in [-0.3, -0.25) is 5.10 Å². The van der Waals surface area contributed by atoms with Gasteiger partial charge >= 0.3 is 6.01 Å². The smallest absolute Gasteiger partial charge is 0.322 e. The van der Waals surface area contributed by atoms with Crippen LogP contribution in [-0.4, -0.2) is 78.3 Å². The molecule has 33 heavy (non-hydrogen) atoms. The number of H-pyrrole nitrogens is 1. The van der Waals surface area contributed by atoms with Crippen LogP contribution in [0.2, 0.25) is 0 Å². The highest BCUT2D eigenvalue weighted by Gasteiger charge is 2.26. The molecule has 1 saturated carbocycles. The summed E-state index contributed by atoms with van der Waals surface area (Å²) in [4.78, 5) is 16.1. The number of nitrogens with one attached hydrogen (secondary N) is 2. The maximum Gasteiger partial charge on any atom is 0.322 e. The molecule has 0 radical (unpaired) electrons. The third-order valence-electron chi connectivity index (χ3n) is 5.95. The fourth-order valence-electron chi connectivity index (χ4n) is 4.34. The molecule has 5 rings (SSSR count). The summed E-state index contributed by atoms with van der Waals surface area (Å²) in [5.41, 5.74) is 1.75. The quantitative estimate of drug-likeness (QED) is 0.546. The first kappa shape index (κ1) is 22.0. The lowest BCUT2D eigenvalue weighted by Crippen LogP contribution is -2.39. The van der Waals surface area contributed by atoms with Crippen LogP contribution in [0.15, 0.2) is 24.4 Å². The number of morpholine rings is 1. The zero-order valence-electron chi connectivity index (χ0n) is 18.4. The molecule has 3 heterocycles. The SMILES string of the molecule is CS(=O)(=O)N[C@H]1CC[C@H](Oc2nc(-c3cccc4[nH]ncc34)nc(N3CCOCC3)n2)CC1. The van der Waals surface area contributed by atoms with Gasteiger partial charge in [0, 0.05) is 30.1 Å². The molecular formula is C21H27N7O4S. The highest BCUT2D eigenvalue weighted by Crippen LogP contribution is 2.29. The summed E-state index contributed by atoms with van der Waals surface area (Å²) >= 11 is 0. The molecule has 2 fully saturated rings. The molecular weight excluding hydrogens is 446 g/mol. The normalized spacial score (nSPS) is 21.9. The number of hydrogen-bond donors (Lipinski definition) is 2. The van der Waals surface area contributed by atoms with Crippen LogP contribution in [0.3, 0.4) is 0 Å². The molecule has 3 aromatic rings. The van der Waals surface area contributed by atoms with Crippen LogP contribution in [0.5, 0.6) is 6.01 Å². The van der Waals surface area contributed by atoms with Crippen molar-refractivity contribution in [2.24, 2.45) is 0 Å². The van der Waals surface area contributed by atoms with Crippen LogP contribution in [-0.2, 0) is 14.8 Å². The monoisotopic (exact) mass is 473 g/mol. The van der Waals surface area contributed by atoms with Gasteiger partial charge in [-0.05, 0) is 31.7 Å². The first-order valence-corrected chi connectivity index (χ1v) is 13.0. The molecule has 1 aliphatic heterocycles. The van der Waals surface area contributed by atoms with Gasteiger partial charge in [-0.1, -0.05) is 12.1 Å². The van der Waals surface area contributed by atoms with Crippen LogP contribution in [0.25, 0.3) is 22.3 Å². The van der Waals surface area contributed by atoms with E-state index in [-0.39, 0.29) is 18.2 Å². The van der Waals surface area contributed by atoms with E-state index >= 15 is 0 Å². The molecule has 1 saturated heterocycles.